The molecule has 0 atom stereocenters. The van der Waals surface area contributed by atoms with Gasteiger partial charge in [0, 0.05) is 24.2 Å². The number of likely N-dealkylation sites (tertiary alicyclic amines) is 1. The van der Waals surface area contributed by atoms with Gasteiger partial charge in [0.15, 0.2) is 0 Å². The second-order valence-electron chi connectivity index (χ2n) is 7.61. The largest absolute Gasteiger partial charge is 0.444 e. The van der Waals surface area contributed by atoms with Crippen LogP contribution in [0, 0.1) is 0 Å². The molecular weight excluding hydrogens is 405 g/mol. The molecule has 1 saturated heterocycles. The smallest absolute Gasteiger partial charge is 0.408 e. The van der Waals surface area contributed by atoms with Gasteiger partial charge in [-0.1, -0.05) is 23.2 Å². The molecule has 1 fully saturated rings. The minimum Gasteiger partial charge on any atom is -0.444 e. The maximum atomic E-state index is 12.4. The quantitative estimate of drug-likeness (QED) is 0.768. The van der Waals surface area contributed by atoms with Crippen molar-refractivity contribution in [3.8, 4) is 0 Å². The van der Waals surface area contributed by atoms with Crippen LogP contribution in [0.15, 0.2) is 18.2 Å². The SMILES string of the molecule is CC(C)(C)OC(=O)NCC(=O)N1CCC(NC(=O)c2ccc(Cl)cc2Cl)CC1. The van der Waals surface area contributed by atoms with Gasteiger partial charge < -0.3 is 20.3 Å². The molecule has 0 unspecified atom stereocenters. The monoisotopic (exact) mass is 429 g/mol. The van der Waals surface area contributed by atoms with Crippen molar-refractivity contribution in [2.75, 3.05) is 19.6 Å². The molecule has 0 bridgehead atoms. The Kier molecular flexibility index (Phi) is 7.55. The van der Waals surface area contributed by atoms with E-state index in [4.69, 9.17) is 27.9 Å². The van der Waals surface area contributed by atoms with Crippen LogP contribution in [0.3, 0.4) is 0 Å². The molecule has 1 aromatic rings. The zero-order valence-electron chi connectivity index (χ0n) is 16.2. The first-order valence-electron chi connectivity index (χ1n) is 9.05. The fraction of sp³-hybridized carbons (Fsp3) is 0.526. The number of piperidine rings is 1. The summed E-state index contributed by atoms with van der Waals surface area (Å²) in [5, 5.41) is 6.16. The second-order valence-corrected chi connectivity index (χ2v) is 8.45. The number of benzene rings is 1. The summed E-state index contributed by atoms with van der Waals surface area (Å²) < 4.78 is 5.11. The van der Waals surface area contributed by atoms with E-state index in [-0.39, 0.29) is 24.4 Å². The first-order chi connectivity index (χ1) is 13.0. The molecule has 154 valence electrons. The number of alkyl carbamates (subject to hydrolysis) is 1. The molecule has 2 rings (SSSR count). The van der Waals surface area contributed by atoms with Gasteiger partial charge in [0.05, 0.1) is 10.6 Å². The number of hydrogen-bond donors (Lipinski definition) is 2. The summed E-state index contributed by atoms with van der Waals surface area (Å²) in [5.74, 6) is -0.450. The molecule has 0 radical (unpaired) electrons. The standard InChI is InChI=1S/C19H25Cl2N3O4/c1-19(2,3)28-18(27)22-11-16(25)24-8-6-13(7-9-24)23-17(26)14-5-4-12(20)10-15(14)21/h4-5,10,13H,6-9,11H2,1-3H3,(H,22,27)(H,23,26). The number of nitrogens with zero attached hydrogens (tertiary/aromatic N) is 1. The van der Waals surface area contributed by atoms with Crippen molar-refractivity contribution in [1.29, 1.82) is 0 Å². The Morgan fingerprint density at radius 3 is 2.39 bits per heavy atom. The highest BCUT2D eigenvalue weighted by Gasteiger charge is 2.25. The molecular formula is C19H25Cl2N3O4. The number of hydrogen-bond acceptors (Lipinski definition) is 4. The summed E-state index contributed by atoms with van der Waals surface area (Å²) in [6.07, 6.45) is 0.618. The molecule has 1 aromatic carbocycles. The number of ether oxygens (including phenoxy) is 1. The van der Waals surface area contributed by atoms with Crippen molar-refractivity contribution in [3.63, 3.8) is 0 Å². The molecule has 3 amide bonds. The molecule has 9 heteroatoms. The van der Waals surface area contributed by atoms with E-state index in [1.807, 2.05) is 0 Å². The molecule has 2 N–H and O–H groups in total. The molecule has 0 spiro atoms. The minimum atomic E-state index is -0.622. The summed E-state index contributed by atoms with van der Waals surface area (Å²) in [7, 11) is 0. The van der Waals surface area contributed by atoms with Gasteiger partial charge in [-0.25, -0.2) is 4.79 Å². The predicted octanol–water partition coefficient (Wildman–Crippen LogP) is 3.24. The average Bonchev–Trinajstić information content (AvgIpc) is 2.58. The maximum Gasteiger partial charge on any atom is 0.408 e. The second kappa shape index (κ2) is 9.47. The lowest BCUT2D eigenvalue weighted by Crippen LogP contribution is -2.49. The Morgan fingerprint density at radius 2 is 1.82 bits per heavy atom. The predicted molar refractivity (Wildman–Crippen MR) is 108 cm³/mol. The number of halogens is 2. The molecule has 0 aromatic heterocycles. The highest BCUT2D eigenvalue weighted by molar-refractivity contribution is 6.36. The Labute approximate surface area is 174 Å². The Bertz CT molecular complexity index is 741. The normalized spacial score (nSPS) is 15.1. The van der Waals surface area contributed by atoms with Crippen molar-refractivity contribution in [3.05, 3.63) is 33.8 Å². The van der Waals surface area contributed by atoms with Gasteiger partial charge in [-0.05, 0) is 51.8 Å². The summed E-state index contributed by atoms with van der Waals surface area (Å²) >= 11 is 11.9. The van der Waals surface area contributed by atoms with Gasteiger partial charge in [0.25, 0.3) is 5.91 Å². The van der Waals surface area contributed by atoms with E-state index >= 15 is 0 Å². The van der Waals surface area contributed by atoms with Gasteiger partial charge in [0.2, 0.25) is 5.91 Å². The fourth-order valence-electron chi connectivity index (χ4n) is 2.78. The first kappa shape index (κ1) is 22.3. The van der Waals surface area contributed by atoms with E-state index in [1.165, 1.54) is 6.07 Å². The highest BCUT2D eigenvalue weighted by atomic mass is 35.5. The molecule has 1 heterocycles. The van der Waals surface area contributed by atoms with Crippen LogP contribution < -0.4 is 10.6 Å². The van der Waals surface area contributed by atoms with Crippen molar-refractivity contribution >= 4 is 41.1 Å². The zero-order chi connectivity index (χ0) is 20.9. The Balaban J connectivity index is 1.77. The van der Waals surface area contributed by atoms with Crippen LogP contribution in [0.2, 0.25) is 10.0 Å². The summed E-state index contributed by atoms with van der Waals surface area (Å²) in [5.41, 5.74) is -0.248. The number of nitrogens with one attached hydrogen (secondary N) is 2. The Hall–Kier alpha value is -1.99. The van der Waals surface area contributed by atoms with Crippen LogP contribution in [0.25, 0.3) is 0 Å². The Morgan fingerprint density at radius 1 is 1.18 bits per heavy atom. The summed E-state index contributed by atoms with van der Waals surface area (Å²) in [6, 6.07) is 4.67. The first-order valence-corrected chi connectivity index (χ1v) is 9.81. The average molecular weight is 430 g/mol. The fourth-order valence-corrected chi connectivity index (χ4v) is 3.28. The molecule has 0 saturated carbocycles. The third-order valence-electron chi connectivity index (χ3n) is 4.14. The van der Waals surface area contributed by atoms with Gasteiger partial charge in [-0.15, -0.1) is 0 Å². The number of carbonyl (C=O) groups excluding carboxylic acids is 3. The lowest BCUT2D eigenvalue weighted by atomic mass is 10.0. The number of carbonyl (C=O) groups is 3. The molecule has 1 aliphatic rings. The third-order valence-corrected chi connectivity index (χ3v) is 4.69. The number of rotatable bonds is 4. The van der Waals surface area contributed by atoms with Crippen LogP contribution >= 0.6 is 23.2 Å². The van der Waals surface area contributed by atoms with Crippen LogP contribution in [0.5, 0.6) is 0 Å². The minimum absolute atomic E-state index is 0.0536. The van der Waals surface area contributed by atoms with E-state index in [0.717, 1.165) is 0 Å². The maximum absolute atomic E-state index is 12.4. The van der Waals surface area contributed by atoms with Crippen LogP contribution in [0.1, 0.15) is 44.0 Å². The lowest BCUT2D eigenvalue weighted by Gasteiger charge is -2.32. The van der Waals surface area contributed by atoms with Gasteiger partial charge in [-0.2, -0.15) is 0 Å². The third kappa shape index (κ3) is 6.87. The van der Waals surface area contributed by atoms with Gasteiger partial charge >= 0.3 is 6.09 Å². The van der Waals surface area contributed by atoms with E-state index in [1.54, 1.807) is 37.8 Å². The van der Waals surface area contributed by atoms with E-state index < -0.39 is 11.7 Å². The summed E-state index contributed by atoms with van der Waals surface area (Å²) in [6.45, 7) is 6.13. The molecule has 7 nitrogen and oxygen atoms in total. The topological polar surface area (TPSA) is 87.7 Å². The van der Waals surface area contributed by atoms with Crippen LogP contribution in [-0.2, 0) is 9.53 Å². The molecule has 28 heavy (non-hydrogen) atoms. The molecule has 0 aliphatic carbocycles. The van der Waals surface area contributed by atoms with Crippen LogP contribution in [-0.4, -0.2) is 54.1 Å². The van der Waals surface area contributed by atoms with Crippen molar-refractivity contribution in [1.82, 2.24) is 15.5 Å². The van der Waals surface area contributed by atoms with Crippen molar-refractivity contribution in [2.24, 2.45) is 0 Å². The van der Waals surface area contributed by atoms with E-state index in [2.05, 4.69) is 10.6 Å². The zero-order valence-corrected chi connectivity index (χ0v) is 17.7. The van der Waals surface area contributed by atoms with Gasteiger partial charge in [-0.3, -0.25) is 9.59 Å². The molecule has 1 aliphatic heterocycles. The van der Waals surface area contributed by atoms with Crippen molar-refractivity contribution in [2.45, 2.75) is 45.3 Å². The number of amides is 3. The van der Waals surface area contributed by atoms with E-state index in [9.17, 15) is 14.4 Å². The van der Waals surface area contributed by atoms with Crippen molar-refractivity contribution < 1.29 is 19.1 Å². The van der Waals surface area contributed by atoms with Crippen LogP contribution in [0.4, 0.5) is 4.79 Å². The lowest BCUT2D eigenvalue weighted by molar-refractivity contribution is -0.131. The van der Waals surface area contributed by atoms with E-state index in [0.29, 0.717) is 41.5 Å². The van der Waals surface area contributed by atoms with Gasteiger partial charge in [0.1, 0.15) is 12.1 Å². The summed E-state index contributed by atoms with van der Waals surface area (Å²) in [4.78, 5) is 37.9. The highest BCUT2D eigenvalue weighted by Crippen LogP contribution is 2.21.